The van der Waals surface area contributed by atoms with Crippen molar-refractivity contribution in [3.63, 3.8) is 0 Å². The molecule has 14 heavy (non-hydrogen) atoms. The minimum Gasteiger partial charge on any atom is -0.351 e. The van der Waals surface area contributed by atoms with E-state index in [1.165, 1.54) is 0 Å². The summed E-state index contributed by atoms with van der Waals surface area (Å²) in [7, 11) is 0. The molecule has 1 heterocycles. The number of rotatable bonds is 4. The highest BCUT2D eigenvalue weighted by atomic mass is 16.2. The van der Waals surface area contributed by atoms with Gasteiger partial charge in [-0.05, 0) is 13.8 Å². The van der Waals surface area contributed by atoms with Gasteiger partial charge >= 0.3 is 0 Å². The maximum atomic E-state index is 11.6. The van der Waals surface area contributed by atoms with Crippen LogP contribution in [0.5, 0.6) is 0 Å². The van der Waals surface area contributed by atoms with Crippen molar-refractivity contribution in [2.24, 2.45) is 11.1 Å². The molecule has 0 spiro atoms. The highest BCUT2D eigenvalue weighted by molar-refractivity contribution is 5.81. The van der Waals surface area contributed by atoms with Gasteiger partial charge in [0.15, 0.2) is 0 Å². The monoisotopic (exact) mass is 196 g/mol. The largest absolute Gasteiger partial charge is 0.351 e. The molecule has 0 saturated carbocycles. The number of H-pyrrole nitrogens is 1. The molecular formula is C9H16N4O. The Morgan fingerprint density at radius 2 is 2.43 bits per heavy atom. The molecule has 0 aliphatic rings. The zero-order valence-electron chi connectivity index (χ0n) is 8.50. The van der Waals surface area contributed by atoms with Crippen molar-refractivity contribution in [3.05, 3.63) is 18.0 Å². The Kier molecular flexibility index (Phi) is 3.24. The molecule has 5 nitrogen and oxygen atoms in total. The van der Waals surface area contributed by atoms with Crippen LogP contribution in [0.4, 0.5) is 0 Å². The first kappa shape index (κ1) is 10.7. The fourth-order valence-electron chi connectivity index (χ4n) is 0.889. The number of amides is 1. The molecule has 1 aromatic rings. The molecule has 1 amide bonds. The van der Waals surface area contributed by atoms with E-state index in [-0.39, 0.29) is 5.91 Å². The molecule has 1 aromatic heterocycles. The van der Waals surface area contributed by atoms with Crippen molar-refractivity contribution in [1.82, 2.24) is 15.5 Å². The molecule has 5 heteroatoms. The number of nitrogens with one attached hydrogen (secondary N) is 2. The van der Waals surface area contributed by atoms with Gasteiger partial charge in [0.25, 0.3) is 0 Å². The third-order valence-electron chi connectivity index (χ3n) is 2.13. The average molecular weight is 196 g/mol. The second kappa shape index (κ2) is 4.23. The van der Waals surface area contributed by atoms with Gasteiger partial charge < -0.3 is 11.1 Å². The summed E-state index contributed by atoms with van der Waals surface area (Å²) in [5, 5.41) is 9.26. The van der Waals surface area contributed by atoms with E-state index < -0.39 is 5.41 Å². The number of carbonyl (C=O) groups excluding carboxylic acids is 1. The second-order valence-corrected chi connectivity index (χ2v) is 3.88. The van der Waals surface area contributed by atoms with Crippen LogP contribution in [-0.2, 0) is 11.3 Å². The number of aromatic nitrogens is 2. The first-order valence-electron chi connectivity index (χ1n) is 4.52. The predicted octanol–water partition coefficient (Wildman–Crippen LogP) is 0.0108. The summed E-state index contributed by atoms with van der Waals surface area (Å²) in [6.07, 6.45) is 3.42. The molecule has 1 rings (SSSR count). The van der Waals surface area contributed by atoms with Crippen molar-refractivity contribution < 1.29 is 4.79 Å². The van der Waals surface area contributed by atoms with Gasteiger partial charge in [0.05, 0.1) is 11.6 Å². The van der Waals surface area contributed by atoms with Crippen molar-refractivity contribution in [2.45, 2.75) is 20.4 Å². The third kappa shape index (κ3) is 2.56. The van der Waals surface area contributed by atoms with Crippen LogP contribution in [0, 0.1) is 5.41 Å². The Hall–Kier alpha value is -1.36. The average Bonchev–Trinajstić information content (AvgIpc) is 2.66. The molecule has 0 aliphatic carbocycles. The third-order valence-corrected chi connectivity index (χ3v) is 2.13. The Morgan fingerprint density at radius 3 is 2.93 bits per heavy atom. The minimum absolute atomic E-state index is 0.0406. The lowest BCUT2D eigenvalue weighted by Gasteiger charge is -2.20. The summed E-state index contributed by atoms with van der Waals surface area (Å²) in [6, 6.07) is 0. The Balaban J connectivity index is 2.43. The van der Waals surface area contributed by atoms with E-state index in [1.807, 2.05) is 13.8 Å². The molecule has 0 unspecified atom stereocenters. The van der Waals surface area contributed by atoms with Crippen molar-refractivity contribution >= 4 is 5.91 Å². The highest BCUT2D eigenvalue weighted by Gasteiger charge is 2.25. The van der Waals surface area contributed by atoms with Gasteiger partial charge in [0, 0.05) is 24.8 Å². The first-order chi connectivity index (χ1) is 6.56. The Labute approximate surface area is 83.1 Å². The summed E-state index contributed by atoms with van der Waals surface area (Å²) in [4.78, 5) is 11.6. The second-order valence-electron chi connectivity index (χ2n) is 3.88. The maximum absolute atomic E-state index is 11.6. The maximum Gasteiger partial charge on any atom is 0.227 e. The summed E-state index contributed by atoms with van der Waals surface area (Å²) in [5.41, 5.74) is 5.92. The van der Waals surface area contributed by atoms with E-state index in [2.05, 4.69) is 15.5 Å². The van der Waals surface area contributed by atoms with E-state index in [4.69, 9.17) is 5.73 Å². The summed E-state index contributed by atoms with van der Waals surface area (Å²) in [5.74, 6) is -0.0406. The highest BCUT2D eigenvalue weighted by Crippen LogP contribution is 2.12. The number of nitrogens with two attached hydrogens (primary N) is 1. The number of aromatic amines is 1. The van der Waals surface area contributed by atoms with Crippen molar-refractivity contribution in [3.8, 4) is 0 Å². The fraction of sp³-hybridized carbons (Fsp3) is 0.556. The predicted molar refractivity (Wildman–Crippen MR) is 53.3 cm³/mol. The molecule has 0 radical (unpaired) electrons. The summed E-state index contributed by atoms with van der Waals surface area (Å²) in [6.45, 7) is 4.46. The SMILES string of the molecule is CC(C)(CN)C(=O)NCc1cn[nH]c1. The van der Waals surface area contributed by atoms with Gasteiger partial charge in [-0.25, -0.2) is 0 Å². The standard InChI is InChI=1S/C9H16N4O/c1-9(2,6-10)8(14)11-3-7-4-12-13-5-7/h4-5H,3,6,10H2,1-2H3,(H,11,14)(H,12,13). The van der Waals surface area contributed by atoms with E-state index in [1.54, 1.807) is 12.4 Å². The number of hydrogen-bond acceptors (Lipinski definition) is 3. The quantitative estimate of drug-likeness (QED) is 0.634. The number of hydrogen-bond donors (Lipinski definition) is 3. The van der Waals surface area contributed by atoms with Crippen LogP contribution in [0.2, 0.25) is 0 Å². The van der Waals surface area contributed by atoms with Crippen LogP contribution in [0.25, 0.3) is 0 Å². The van der Waals surface area contributed by atoms with Gasteiger partial charge in [-0.3, -0.25) is 9.89 Å². The van der Waals surface area contributed by atoms with E-state index >= 15 is 0 Å². The molecule has 0 bridgehead atoms. The van der Waals surface area contributed by atoms with Crippen molar-refractivity contribution in [1.29, 1.82) is 0 Å². The molecule has 0 aliphatic heterocycles. The Bertz CT molecular complexity index is 292. The van der Waals surface area contributed by atoms with E-state index in [9.17, 15) is 4.79 Å². The summed E-state index contributed by atoms with van der Waals surface area (Å²) < 4.78 is 0. The van der Waals surface area contributed by atoms with Crippen molar-refractivity contribution in [2.75, 3.05) is 6.54 Å². The van der Waals surface area contributed by atoms with Crippen LogP contribution in [0.3, 0.4) is 0 Å². The fourth-order valence-corrected chi connectivity index (χ4v) is 0.889. The zero-order valence-corrected chi connectivity index (χ0v) is 8.50. The molecule has 0 saturated heterocycles. The number of nitrogens with zero attached hydrogens (tertiary/aromatic N) is 1. The van der Waals surface area contributed by atoms with Crippen LogP contribution in [-0.4, -0.2) is 22.6 Å². The van der Waals surface area contributed by atoms with E-state index in [0.717, 1.165) is 5.56 Å². The molecule has 4 N–H and O–H groups in total. The topological polar surface area (TPSA) is 83.8 Å². The van der Waals surface area contributed by atoms with Gasteiger partial charge in [0.2, 0.25) is 5.91 Å². The molecule has 0 atom stereocenters. The minimum atomic E-state index is -0.510. The number of carbonyl (C=O) groups is 1. The van der Waals surface area contributed by atoms with Gasteiger partial charge in [-0.2, -0.15) is 5.10 Å². The van der Waals surface area contributed by atoms with Gasteiger partial charge in [0.1, 0.15) is 0 Å². The lowest BCUT2D eigenvalue weighted by atomic mass is 9.93. The molecule has 0 fully saturated rings. The smallest absolute Gasteiger partial charge is 0.227 e. The lowest BCUT2D eigenvalue weighted by Crippen LogP contribution is -2.41. The van der Waals surface area contributed by atoms with E-state index in [0.29, 0.717) is 13.1 Å². The summed E-state index contributed by atoms with van der Waals surface area (Å²) >= 11 is 0. The molecule has 78 valence electrons. The first-order valence-corrected chi connectivity index (χ1v) is 4.52. The molecule has 0 aromatic carbocycles. The molecular weight excluding hydrogens is 180 g/mol. The van der Waals surface area contributed by atoms with Crippen LogP contribution >= 0.6 is 0 Å². The van der Waals surface area contributed by atoms with Gasteiger partial charge in [-0.15, -0.1) is 0 Å². The Morgan fingerprint density at radius 1 is 1.71 bits per heavy atom. The zero-order chi connectivity index (χ0) is 10.6. The lowest BCUT2D eigenvalue weighted by molar-refractivity contribution is -0.129. The normalized spacial score (nSPS) is 11.4. The van der Waals surface area contributed by atoms with Crippen LogP contribution < -0.4 is 11.1 Å². The van der Waals surface area contributed by atoms with Crippen LogP contribution in [0.15, 0.2) is 12.4 Å². The van der Waals surface area contributed by atoms with Gasteiger partial charge in [-0.1, -0.05) is 0 Å². The van der Waals surface area contributed by atoms with Crippen LogP contribution in [0.1, 0.15) is 19.4 Å².